The number of halogens is 2. The topological polar surface area (TPSA) is 52.6 Å². The molecule has 154 valence electrons. The molecule has 1 aliphatic carbocycles. The highest BCUT2D eigenvalue weighted by Crippen LogP contribution is 2.48. The number of alkyl halides is 1. The van der Waals surface area contributed by atoms with E-state index in [0.717, 1.165) is 18.4 Å². The Bertz CT molecular complexity index is 1070. The minimum atomic E-state index is -3.95. The van der Waals surface area contributed by atoms with E-state index in [9.17, 15) is 8.42 Å². The fraction of sp³-hybridized carbons (Fsp3) is 0.273. The molecule has 2 aromatic rings. The molecule has 0 saturated heterocycles. The Balaban J connectivity index is 2.26. The summed E-state index contributed by atoms with van der Waals surface area (Å²) < 4.78 is 65.1. The van der Waals surface area contributed by atoms with Crippen LogP contribution in [0.15, 0.2) is 66.5 Å². The molecule has 0 bridgehead atoms. The van der Waals surface area contributed by atoms with Gasteiger partial charge in [-0.3, -0.25) is 0 Å². The zero-order chi connectivity index (χ0) is 21.4. The van der Waals surface area contributed by atoms with E-state index in [1.54, 1.807) is 25.1 Å². The highest BCUT2D eigenvalue weighted by Gasteiger charge is 2.48. The number of rotatable bonds is 5. The lowest BCUT2D eigenvalue weighted by molar-refractivity contribution is 0.232. The molecule has 2 atom stereocenters. The fourth-order valence-electron chi connectivity index (χ4n) is 3.51. The van der Waals surface area contributed by atoms with Crippen LogP contribution in [0, 0.1) is 6.92 Å². The summed E-state index contributed by atoms with van der Waals surface area (Å²) in [6, 6.07) is 10.8. The second-order valence-electron chi connectivity index (χ2n) is 6.97. The van der Waals surface area contributed by atoms with Gasteiger partial charge in [-0.25, -0.2) is 17.2 Å². The van der Waals surface area contributed by atoms with Crippen LogP contribution in [-0.4, -0.2) is 28.9 Å². The smallest absolute Gasteiger partial charge is 0.205 e. The Morgan fingerprint density at radius 2 is 1.48 bits per heavy atom. The van der Waals surface area contributed by atoms with Gasteiger partial charge < -0.3 is 9.47 Å². The highest BCUT2D eigenvalue weighted by atomic mass is 32.2. The molecule has 0 aromatic heterocycles. The van der Waals surface area contributed by atoms with Gasteiger partial charge in [-0.1, -0.05) is 36.4 Å². The molecule has 0 spiro atoms. The molecule has 0 heterocycles. The van der Waals surface area contributed by atoms with Crippen molar-refractivity contribution in [2.75, 3.05) is 20.5 Å². The first-order valence-electron chi connectivity index (χ1n) is 8.85. The number of methoxy groups -OCH3 is 2. The van der Waals surface area contributed by atoms with Crippen molar-refractivity contribution in [1.82, 2.24) is 0 Å². The van der Waals surface area contributed by atoms with Gasteiger partial charge in [0.2, 0.25) is 5.67 Å². The van der Waals surface area contributed by atoms with Gasteiger partial charge in [0.1, 0.15) is 22.1 Å². The van der Waals surface area contributed by atoms with Crippen LogP contribution in [0.2, 0.25) is 0 Å². The van der Waals surface area contributed by atoms with Crippen LogP contribution in [-0.2, 0) is 20.3 Å². The van der Waals surface area contributed by atoms with E-state index in [4.69, 9.17) is 9.47 Å². The summed E-state index contributed by atoms with van der Waals surface area (Å²) in [5.41, 5.74) is -1.61. The van der Waals surface area contributed by atoms with Crippen molar-refractivity contribution in [2.24, 2.45) is 0 Å². The Morgan fingerprint density at radius 1 is 0.931 bits per heavy atom. The number of hydrogen-bond donors (Lipinski definition) is 0. The van der Waals surface area contributed by atoms with E-state index in [1.165, 1.54) is 44.6 Å². The molecule has 0 aliphatic heterocycles. The predicted molar refractivity (Wildman–Crippen MR) is 108 cm³/mol. The fourth-order valence-corrected chi connectivity index (χ4v) is 4.69. The molecule has 0 N–H and O–H groups in total. The Hall–Kier alpha value is -2.67. The summed E-state index contributed by atoms with van der Waals surface area (Å²) >= 11 is 0. The maximum absolute atomic E-state index is 15.5. The van der Waals surface area contributed by atoms with E-state index in [-0.39, 0.29) is 11.1 Å². The van der Waals surface area contributed by atoms with Crippen LogP contribution < -0.4 is 9.47 Å². The van der Waals surface area contributed by atoms with Gasteiger partial charge in [0, 0.05) is 11.8 Å². The normalized spacial score (nSPS) is 24.1. The van der Waals surface area contributed by atoms with Gasteiger partial charge in [0.15, 0.2) is 9.84 Å². The standard InChI is InChI=1S/C22H22F2O4S/c1-15-18(27-2)12-17(13-19(15)28-3)21(29(4,25)26)10-11-22(24,20(23)14-21)16-8-6-5-7-9-16/h5-14H,1-4H3. The molecule has 3 rings (SSSR count). The second kappa shape index (κ2) is 7.30. The molecule has 0 amide bonds. The number of benzene rings is 2. The average Bonchev–Trinajstić information content (AvgIpc) is 2.70. The quantitative estimate of drug-likeness (QED) is 0.667. The lowest BCUT2D eigenvalue weighted by atomic mass is 9.83. The third kappa shape index (κ3) is 3.33. The maximum Gasteiger partial charge on any atom is 0.205 e. The predicted octanol–water partition coefficient (Wildman–Crippen LogP) is 4.54. The number of hydrogen-bond acceptors (Lipinski definition) is 4. The summed E-state index contributed by atoms with van der Waals surface area (Å²) in [6.45, 7) is 1.75. The monoisotopic (exact) mass is 420 g/mol. The van der Waals surface area contributed by atoms with Crippen molar-refractivity contribution in [3.63, 3.8) is 0 Å². The zero-order valence-electron chi connectivity index (χ0n) is 16.6. The lowest BCUT2D eigenvalue weighted by Crippen LogP contribution is -2.36. The average molecular weight is 420 g/mol. The van der Waals surface area contributed by atoms with Crippen LogP contribution in [0.3, 0.4) is 0 Å². The summed E-state index contributed by atoms with van der Waals surface area (Å²) in [5, 5.41) is 0. The summed E-state index contributed by atoms with van der Waals surface area (Å²) in [4.78, 5) is 0. The van der Waals surface area contributed by atoms with Crippen molar-refractivity contribution in [3.8, 4) is 11.5 Å². The minimum absolute atomic E-state index is 0.0752. The lowest BCUT2D eigenvalue weighted by Gasteiger charge is -2.34. The largest absolute Gasteiger partial charge is 0.496 e. The van der Waals surface area contributed by atoms with Crippen molar-refractivity contribution < 1.29 is 26.7 Å². The van der Waals surface area contributed by atoms with Crippen molar-refractivity contribution in [3.05, 3.63) is 83.2 Å². The number of ether oxygens (including phenoxy) is 2. The van der Waals surface area contributed by atoms with Crippen molar-refractivity contribution in [1.29, 1.82) is 0 Å². The Labute approximate surface area is 169 Å². The van der Waals surface area contributed by atoms with Crippen LogP contribution in [0.4, 0.5) is 8.78 Å². The third-order valence-corrected chi connectivity index (χ3v) is 6.98. The summed E-state index contributed by atoms with van der Waals surface area (Å²) in [5.74, 6) is -0.440. The first kappa shape index (κ1) is 21.0. The van der Waals surface area contributed by atoms with Crippen molar-refractivity contribution >= 4 is 9.84 Å². The molecule has 0 saturated carbocycles. The second-order valence-corrected chi connectivity index (χ2v) is 9.19. The van der Waals surface area contributed by atoms with Crippen molar-refractivity contribution in [2.45, 2.75) is 17.3 Å². The first-order chi connectivity index (χ1) is 13.6. The minimum Gasteiger partial charge on any atom is -0.496 e. The zero-order valence-corrected chi connectivity index (χ0v) is 17.4. The van der Waals surface area contributed by atoms with Gasteiger partial charge in [-0.05, 0) is 42.3 Å². The van der Waals surface area contributed by atoms with Gasteiger partial charge in [0.05, 0.1) is 14.2 Å². The van der Waals surface area contributed by atoms with Crippen LogP contribution in [0.5, 0.6) is 11.5 Å². The molecule has 29 heavy (non-hydrogen) atoms. The molecular formula is C22H22F2O4S. The third-order valence-electron chi connectivity index (χ3n) is 5.26. The van der Waals surface area contributed by atoms with E-state index in [0.29, 0.717) is 17.1 Å². The molecule has 1 aliphatic rings. The van der Waals surface area contributed by atoms with Gasteiger partial charge in [-0.2, -0.15) is 0 Å². The number of allylic oxidation sites excluding steroid dienone is 2. The molecule has 0 radical (unpaired) electrons. The van der Waals surface area contributed by atoms with Crippen LogP contribution >= 0.6 is 0 Å². The maximum atomic E-state index is 15.5. The van der Waals surface area contributed by atoms with Crippen LogP contribution in [0.25, 0.3) is 0 Å². The van der Waals surface area contributed by atoms with Crippen LogP contribution in [0.1, 0.15) is 16.7 Å². The number of sulfone groups is 1. The molecule has 2 unspecified atom stereocenters. The SMILES string of the molecule is COc1cc(C2(S(C)(=O)=O)C=CC(F)(c3ccccc3)C(F)=C2)cc(OC)c1C. The van der Waals surface area contributed by atoms with E-state index >= 15 is 8.78 Å². The summed E-state index contributed by atoms with van der Waals surface area (Å²) in [7, 11) is -1.07. The molecular weight excluding hydrogens is 398 g/mol. The van der Waals surface area contributed by atoms with E-state index in [1.807, 2.05) is 0 Å². The Kier molecular flexibility index (Phi) is 5.30. The van der Waals surface area contributed by atoms with Gasteiger partial charge in [0.25, 0.3) is 0 Å². The van der Waals surface area contributed by atoms with E-state index < -0.39 is 26.1 Å². The van der Waals surface area contributed by atoms with Gasteiger partial charge in [-0.15, -0.1) is 0 Å². The molecule has 0 fully saturated rings. The van der Waals surface area contributed by atoms with E-state index in [2.05, 4.69) is 0 Å². The molecule has 2 aromatic carbocycles. The molecule has 4 nitrogen and oxygen atoms in total. The highest BCUT2D eigenvalue weighted by molar-refractivity contribution is 7.92. The first-order valence-corrected chi connectivity index (χ1v) is 10.7. The van der Waals surface area contributed by atoms with Gasteiger partial charge >= 0.3 is 0 Å². The molecule has 7 heteroatoms. The summed E-state index contributed by atoms with van der Waals surface area (Å²) in [6.07, 6.45) is 3.94. The Morgan fingerprint density at radius 3 is 1.93 bits per heavy atom.